The van der Waals surface area contributed by atoms with Crippen LogP contribution < -0.4 is 10.1 Å². The van der Waals surface area contributed by atoms with Gasteiger partial charge < -0.3 is 10.1 Å². The first-order valence-corrected chi connectivity index (χ1v) is 9.91. The molecule has 0 fully saturated rings. The van der Waals surface area contributed by atoms with Gasteiger partial charge in [0.1, 0.15) is 12.4 Å². The lowest BCUT2D eigenvalue weighted by Crippen LogP contribution is -2.32. The molecule has 1 aromatic heterocycles. The third kappa shape index (κ3) is 4.61. The van der Waals surface area contributed by atoms with Crippen LogP contribution in [0.3, 0.4) is 0 Å². The molecule has 0 radical (unpaired) electrons. The second-order valence-corrected chi connectivity index (χ2v) is 7.25. The highest BCUT2D eigenvalue weighted by molar-refractivity contribution is 6.21. The number of rotatable bonds is 7. The number of aryl methyl sites for hydroxylation is 1. The molecule has 3 aromatic rings. The van der Waals surface area contributed by atoms with E-state index in [1.165, 1.54) is 0 Å². The molecule has 1 N–H and O–H groups in total. The van der Waals surface area contributed by atoms with Gasteiger partial charge in [0.05, 0.1) is 16.8 Å². The van der Waals surface area contributed by atoms with Crippen LogP contribution in [0.2, 0.25) is 0 Å². The number of carbonyl (C=O) groups is 3. The quantitative estimate of drug-likeness (QED) is 0.596. The molecule has 0 saturated carbocycles. The van der Waals surface area contributed by atoms with Crippen LogP contribution in [0.5, 0.6) is 5.75 Å². The van der Waals surface area contributed by atoms with Crippen molar-refractivity contribution in [2.24, 2.45) is 0 Å². The number of benzene rings is 2. The number of imide groups is 1. The Morgan fingerprint density at radius 1 is 1.00 bits per heavy atom. The molecule has 4 rings (SSSR count). The summed E-state index contributed by atoms with van der Waals surface area (Å²) in [7, 11) is 0. The Bertz CT molecular complexity index is 1140. The highest BCUT2D eigenvalue weighted by Gasteiger charge is 2.35. The minimum absolute atomic E-state index is 0.00344. The van der Waals surface area contributed by atoms with Crippen molar-refractivity contribution in [3.8, 4) is 5.75 Å². The van der Waals surface area contributed by atoms with E-state index in [0.29, 0.717) is 29.2 Å². The fraction of sp³-hybridized carbons (Fsp3) is 0.167. The minimum atomic E-state index is -0.363. The molecule has 1 aliphatic heterocycles. The third-order valence-electron chi connectivity index (χ3n) is 4.92. The van der Waals surface area contributed by atoms with Crippen LogP contribution >= 0.6 is 0 Å². The summed E-state index contributed by atoms with van der Waals surface area (Å²) >= 11 is 0. The normalized spacial score (nSPS) is 12.6. The van der Waals surface area contributed by atoms with Gasteiger partial charge in [0.25, 0.3) is 11.8 Å². The van der Waals surface area contributed by atoms with E-state index in [-0.39, 0.29) is 30.7 Å². The molecule has 1 aliphatic rings. The van der Waals surface area contributed by atoms with Gasteiger partial charge in [-0.15, -0.1) is 0 Å². The molecule has 3 amide bonds. The van der Waals surface area contributed by atoms with Crippen LogP contribution in [0.25, 0.3) is 0 Å². The summed E-state index contributed by atoms with van der Waals surface area (Å²) in [6.45, 7) is 2.20. The fourth-order valence-electron chi connectivity index (χ4n) is 3.35. The summed E-state index contributed by atoms with van der Waals surface area (Å²) in [6, 6.07) is 17.8. The largest absolute Gasteiger partial charge is 0.487 e. The third-order valence-corrected chi connectivity index (χ3v) is 4.92. The number of hydrogen-bond donors (Lipinski definition) is 1. The lowest BCUT2D eigenvalue weighted by molar-refractivity contribution is -0.116. The van der Waals surface area contributed by atoms with Crippen LogP contribution in [-0.4, -0.2) is 34.2 Å². The number of pyridine rings is 1. The molecule has 0 atom stereocenters. The van der Waals surface area contributed by atoms with E-state index in [1.54, 1.807) is 48.7 Å². The Morgan fingerprint density at radius 2 is 1.84 bits per heavy atom. The van der Waals surface area contributed by atoms with Gasteiger partial charge in [-0.05, 0) is 43.3 Å². The van der Waals surface area contributed by atoms with Crippen molar-refractivity contribution in [1.29, 1.82) is 0 Å². The number of ether oxygens (including phenoxy) is 1. The SMILES string of the molecule is Cc1ccc2c(c1)C(=O)N(CCC(=O)Nc1cccc(OCc3ccccn3)c1)C2=O. The monoisotopic (exact) mass is 415 g/mol. The maximum atomic E-state index is 12.5. The summed E-state index contributed by atoms with van der Waals surface area (Å²) in [6.07, 6.45) is 1.70. The van der Waals surface area contributed by atoms with E-state index in [1.807, 2.05) is 25.1 Å². The molecule has 2 aromatic carbocycles. The van der Waals surface area contributed by atoms with Crippen molar-refractivity contribution < 1.29 is 19.1 Å². The van der Waals surface area contributed by atoms with Gasteiger partial charge in [0.2, 0.25) is 5.91 Å². The average Bonchev–Trinajstić information content (AvgIpc) is 3.01. The highest BCUT2D eigenvalue weighted by atomic mass is 16.5. The van der Waals surface area contributed by atoms with E-state index in [2.05, 4.69) is 10.3 Å². The minimum Gasteiger partial charge on any atom is -0.487 e. The number of hydrogen-bond acceptors (Lipinski definition) is 5. The van der Waals surface area contributed by atoms with Crippen molar-refractivity contribution in [1.82, 2.24) is 9.88 Å². The first-order valence-electron chi connectivity index (χ1n) is 9.91. The number of nitrogens with one attached hydrogen (secondary N) is 1. The number of fused-ring (bicyclic) bond motifs is 1. The Kier molecular flexibility index (Phi) is 5.75. The van der Waals surface area contributed by atoms with E-state index < -0.39 is 0 Å². The van der Waals surface area contributed by atoms with Crippen molar-refractivity contribution >= 4 is 23.4 Å². The van der Waals surface area contributed by atoms with Gasteiger partial charge in [-0.1, -0.05) is 23.8 Å². The van der Waals surface area contributed by atoms with Crippen LogP contribution in [0.4, 0.5) is 5.69 Å². The molecule has 7 nitrogen and oxygen atoms in total. The molecule has 7 heteroatoms. The van der Waals surface area contributed by atoms with E-state index >= 15 is 0 Å². The topological polar surface area (TPSA) is 88.6 Å². The zero-order valence-corrected chi connectivity index (χ0v) is 17.0. The first kappa shape index (κ1) is 20.3. The molecule has 0 aliphatic carbocycles. The predicted molar refractivity (Wildman–Crippen MR) is 115 cm³/mol. The summed E-state index contributed by atoms with van der Waals surface area (Å²) in [5.74, 6) is -0.423. The molecule has 31 heavy (non-hydrogen) atoms. The maximum Gasteiger partial charge on any atom is 0.261 e. The molecule has 0 bridgehead atoms. The van der Waals surface area contributed by atoms with Gasteiger partial charge in [0, 0.05) is 30.9 Å². The lowest BCUT2D eigenvalue weighted by atomic mass is 10.1. The zero-order valence-electron chi connectivity index (χ0n) is 17.0. The summed E-state index contributed by atoms with van der Waals surface area (Å²) in [5.41, 5.74) is 3.05. The second-order valence-electron chi connectivity index (χ2n) is 7.25. The van der Waals surface area contributed by atoms with Crippen LogP contribution in [0, 0.1) is 6.92 Å². The van der Waals surface area contributed by atoms with E-state index in [4.69, 9.17) is 4.74 Å². The smallest absolute Gasteiger partial charge is 0.261 e. The fourth-order valence-corrected chi connectivity index (χ4v) is 3.35. The first-order chi connectivity index (χ1) is 15.0. The lowest BCUT2D eigenvalue weighted by Gasteiger charge is -2.14. The van der Waals surface area contributed by atoms with Gasteiger partial charge in [-0.3, -0.25) is 24.3 Å². The van der Waals surface area contributed by atoms with Crippen molar-refractivity contribution in [3.05, 3.63) is 89.2 Å². The van der Waals surface area contributed by atoms with E-state index in [9.17, 15) is 14.4 Å². The maximum absolute atomic E-state index is 12.5. The van der Waals surface area contributed by atoms with Gasteiger partial charge in [0.15, 0.2) is 0 Å². The molecule has 2 heterocycles. The van der Waals surface area contributed by atoms with Crippen molar-refractivity contribution in [3.63, 3.8) is 0 Å². The Labute approximate surface area is 179 Å². The summed E-state index contributed by atoms with van der Waals surface area (Å²) in [4.78, 5) is 42.7. The van der Waals surface area contributed by atoms with Gasteiger partial charge >= 0.3 is 0 Å². The molecule has 0 spiro atoms. The van der Waals surface area contributed by atoms with Crippen LogP contribution in [0.15, 0.2) is 66.9 Å². The predicted octanol–water partition coefficient (Wildman–Crippen LogP) is 3.59. The molecular weight excluding hydrogens is 394 g/mol. The summed E-state index contributed by atoms with van der Waals surface area (Å²) in [5, 5.41) is 2.78. The number of anilines is 1. The van der Waals surface area contributed by atoms with Crippen LogP contribution in [-0.2, 0) is 11.4 Å². The molecule has 0 unspecified atom stereocenters. The Morgan fingerprint density at radius 3 is 2.65 bits per heavy atom. The number of nitrogens with zero attached hydrogens (tertiary/aromatic N) is 2. The van der Waals surface area contributed by atoms with Crippen molar-refractivity contribution in [2.75, 3.05) is 11.9 Å². The average molecular weight is 415 g/mol. The number of amides is 3. The second kappa shape index (κ2) is 8.79. The van der Waals surface area contributed by atoms with E-state index in [0.717, 1.165) is 16.2 Å². The Hall–Kier alpha value is -4.00. The zero-order chi connectivity index (χ0) is 21.8. The summed E-state index contributed by atoms with van der Waals surface area (Å²) < 4.78 is 5.72. The number of aromatic nitrogens is 1. The Balaban J connectivity index is 1.32. The highest BCUT2D eigenvalue weighted by Crippen LogP contribution is 2.24. The van der Waals surface area contributed by atoms with Crippen LogP contribution in [0.1, 0.15) is 38.4 Å². The molecule has 156 valence electrons. The standard InChI is InChI=1S/C24H21N3O4/c1-16-8-9-20-21(13-16)24(30)27(23(20)29)12-10-22(28)26-17-6-4-7-19(14-17)31-15-18-5-2-3-11-25-18/h2-9,11,13-14H,10,12,15H2,1H3,(H,26,28). The van der Waals surface area contributed by atoms with Gasteiger partial charge in [-0.2, -0.15) is 0 Å². The van der Waals surface area contributed by atoms with Crippen molar-refractivity contribution in [2.45, 2.75) is 20.0 Å². The van der Waals surface area contributed by atoms with Gasteiger partial charge in [-0.25, -0.2) is 0 Å². The number of carbonyl (C=O) groups excluding carboxylic acids is 3. The molecular formula is C24H21N3O4. The molecule has 0 saturated heterocycles.